The number of nitrogens with zero attached hydrogens (tertiary/aromatic N) is 2. The van der Waals surface area contributed by atoms with Gasteiger partial charge in [-0.05, 0) is 37.1 Å². The molecule has 5 nitrogen and oxygen atoms in total. The van der Waals surface area contributed by atoms with Crippen molar-refractivity contribution >= 4 is 23.1 Å². The molecule has 0 bridgehead atoms. The first-order chi connectivity index (χ1) is 10.1. The van der Waals surface area contributed by atoms with Gasteiger partial charge in [-0.15, -0.1) is 0 Å². The maximum Gasteiger partial charge on any atom is 0.273 e. The number of nitrogens with two attached hydrogens (primary N) is 1. The van der Waals surface area contributed by atoms with Gasteiger partial charge in [0.05, 0.1) is 12.8 Å². The summed E-state index contributed by atoms with van der Waals surface area (Å²) in [7, 11) is 0. The summed E-state index contributed by atoms with van der Waals surface area (Å²) >= 11 is 4.88. The third-order valence-corrected chi connectivity index (χ3v) is 3.66. The van der Waals surface area contributed by atoms with Gasteiger partial charge in [0, 0.05) is 17.8 Å². The molecular formula is C15H15N3O2S. The van der Waals surface area contributed by atoms with Gasteiger partial charge in [0.15, 0.2) is 0 Å². The van der Waals surface area contributed by atoms with Crippen LogP contribution in [0.1, 0.15) is 34.7 Å². The number of thiocarbonyl (C=S) groups is 1. The molecule has 2 aromatic rings. The van der Waals surface area contributed by atoms with Gasteiger partial charge in [0.25, 0.3) is 5.91 Å². The lowest BCUT2D eigenvalue weighted by Gasteiger charge is -2.20. The van der Waals surface area contributed by atoms with Gasteiger partial charge in [-0.2, -0.15) is 0 Å². The molecule has 1 amide bonds. The molecular weight excluding hydrogens is 286 g/mol. The number of pyridine rings is 1. The number of furan rings is 1. The highest BCUT2D eigenvalue weighted by atomic mass is 32.1. The third kappa shape index (κ3) is 3.11. The van der Waals surface area contributed by atoms with E-state index >= 15 is 0 Å². The Labute approximate surface area is 127 Å². The minimum atomic E-state index is -0.0941. The van der Waals surface area contributed by atoms with Crippen LogP contribution in [0.2, 0.25) is 0 Å². The first-order valence-corrected chi connectivity index (χ1v) is 7.15. The minimum absolute atomic E-state index is 0.0941. The van der Waals surface area contributed by atoms with Gasteiger partial charge in [0.2, 0.25) is 0 Å². The summed E-state index contributed by atoms with van der Waals surface area (Å²) in [6.07, 6.45) is 5.20. The Morgan fingerprint density at radius 1 is 1.43 bits per heavy atom. The van der Waals surface area contributed by atoms with Crippen LogP contribution < -0.4 is 5.73 Å². The Kier molecular flexibility index (Phi) is 3.70. The predicted molar refractivity (Wildman–Crippen MR) is 81.7 cm³/mol. The number of carbonyl (C=O) groups is 1. The fraction of sp³-hybridized carbons (Fsp3) is 0.267. The topological polar surface area (TPSA) is 72.4 Å². The largest absolute Gasteiger partial charge is 0.467 e. The van der Waals surface area contributed by atoms with Crippen LogP contribution in [-0.2, 0) is 6.54 Å². The van der Waals surface area contributed by atoms with E-state index in [-0.39, 0.29) is 16.9 Å². The number of hydrogen-bond donors (Lipinski definition) is 1. The van der Waals surface area contributed by atoms with Crippen molar-refractivity contribution in [1.29, 1.82) is 0 Å². The maximum atomic E-state index is 12.6. The highest BCUT2D eigenvalue weighted by Gasteiger charge is 2.34. The summed E-state index contributed by atoms with van der Waals surface area (Å²) < 4.78 is 5.33. The summed E-state index contributed by atoms with van der Waals surface area (Å²) in [6, 6.07) is 7.35. The Morgan fingerprint density at radius 2 is 2.24 bits per heavy atom. The lowest BCUT2D eigenvalue weighted by atomic mass is 10.2. The molecule has 1 aliphatic rings. The number of amides is 1. The van der Waals surface area contributed by atoms with Crippen LogP contribution in [0.25, 0.3) is 0 Å². The predicted octanol–water partition coefficient (Wildman–Crippen LogP) is 2.11. The third-order valence-electron chi connectivity index (χ3n) is 3.42. The number of hydrogen-bond acceptors (Lipinski definition) is 4. The summed E-state index contributed by atoms with van der Waals surface area (Å²) in [5.74, 6) is 0.679. The summed E-state index contributed by atoms with van der Waals surface area (Å²) in [5, 5.41) is 0. The maximum absolute atomic E-state index is 12.6. The van der Waals surface area contributed by atoms with Crippen LogP contribution >= 0.6 is 12.2 Å². The summed E-state index contributed by atoms with van der Waals surface area (Å²) in [5.41, 5.74) is 6.59. The van der Waals surface area contributed by atoms with E-state index in [1.165, 1.54) is 6.20 Å². The zero-order valence-electron chi connectivity index (χ0n) is 11.4. The van der Waals surface area contributed by atoms with E-state index in [9.17, 15) is 4.79 Å². The van der Waals surface area contributed by atoms with Crippen LogP contribution in [0, 0.1) is 0 Å². The van der Waals surface area contributed by atoms with Gasteiger partial charge in [-0.3, -0.25) is 9.78 Å². The van der Waals surface area contributed by atoms with Gasteiger partial charge in [-0.25, -0.2) is 0 Å². The van der Waals surface area contributed by atoms with Crippen molar-refractivity contribution in [3.8, 4) is 0 Å². The average Bonchev–Trinajstić information content (AvgIpc) is 3.20. The van der Waals surface area contributed by atoms with E-state index < -0.39 is 0 Å². The molecule has 2 aromatic heterocycles. The van der Waals surface area contributed by atoms with Crippen LogP contribution in [-0.4, -0.2) is 26.8 Å². The quantitative estimate of drug-likeness (QED) is 0.856. The molecule has 6 heteroatoms. The van der Waals surface area contributed by atoms with Crippen molar-refractivity contribution in [1.82, 2.24) is 9.88 Å². The van der Waals surface area contributed by atoms with Crippen LogP contribution in [0.15, 0.2) is 41.1 Å². The smallest absolute Gasteiger partial charge is 0.273 e. The molecule has 0 atom stereocenters. The second-order valence-electron chi connectivity index (χ2n) is 5.04. The molecule has 0 spiro atoms. The molecule has 2 N–H and O–H groups in total. The van der Waals surface area contributed by atoms with Gasteiger partial charge in [-0.1, -0.05) is 12.2 Å². The SMILES string of the molecule is NC(=S)c1ccc(C(=O)N(Cc2ccco2)C2CC2)nc1. The van der Waals surface area contributed by atoms with Crippen molar-refractivity contribution in [2.75, 3.05) is 0 Å². The fourth-order valence-corrected chi connectivity index (χ4v) is 2.26. The molecule has 3 rings (SSSR count). The standard InChI is InChI=1S/C15H15N3O2S/c16-14(21)10-3-6-13(17-8-10)15(19)18(11-4-5-11)9-12-2-1-7-20-12/h1-3,6-8,11H,4-5,9H2,(H2,16,21). The van der Waals surface area contributed by atoms with E-state index in [1.807, 2.05) is 17.0 Å². The zero-order valence-corrected chi connectivity index (χ0v) is 12.2. The Balaban J connectivity index is 1.79. The highest BCUT2D eigenvalue weighted by Crippen LogP contribution is 2.29. The fourth-order valence-electron chi connectivity index (χ4n) is 2.14. The lowest BCUT2D eigenvalue weighted by Crippen LogP contribution is -2.33. The molecule has 0 unspecified atom stereocenters. The molecule has 0 aliphatic heterocycles. The van der Waals surface area contributed by atoms with Crippen LogP contribution in [0.4, 0.5) is 0 Å². The second kappa shape index (κ2) is 5.65. The molecule has 2 heterocycles. The molecule has 1 fully saturated rings. The van der Waals surface area contributed by atoms with E-state index in [1.54, 1.807) is 18.4 Å². The van der Waals surface area contributed by atoms with Crippen molar-refractivity contribution in [2.24, 2.45) is 5.73 Å². The lowest BCUT2D eigenvalue weighted by molar-refractivity contribution is 0.0711. The monoisotopic (exact) mass is 301 g/mol. The van der Waals surface area contributed by atoms with Crippen molar-refractivity contribution in [2.45, 2.75) is 25.4 Å². The zero-order chi connectivity index (χ0) is 14.8. The molecule has 21 heavy (non-hydrogen) atoms. The molecule has 0 aromatic carbocycles. The molecule has 0 radical (unpaired) electrons. The highest BCUT2D eigenvalue weighted by molar-refractivity contribution is 7.80. The first kappa shape index (κ1) is 13.8. The minimum Gasteiger partial charge on any atom is -0.467 e. The van der Waals surface area contributed by atoms with Crippen molar-refractivity contribution < 1.29 is 9.21 Å². The van der Waals surface area contributed by atoms with Gasteiger partial charge in [0.1, 0.15) is 16.4 Å². The molecule has 1 aliphatic carbocycles. The van der Waals surface area contributed by atoms with Crippen LogP contribution in [0.3, 0.4) is 0 Å². The van der Waals surface area contributed by atoms with Gasteiger partial charge >= 0.3 is 0 Å². The van der Waals surface area contributed by atoms with Crippen molar-refractivity contribution in [3.05, 3.63) is 53.7 Å². The Morgan fingerprint density at radius 3 is 2.76 bits per heavy atom. The molecule has 1 saturated carbocycles. The van der Waals surface area contributed by atoms with E-state index in [4.69, 9.17) is 22.4 Å². The number of carbonyl (C=O) groups excluding carboxylic acids is 1. The molecule has 108 valence electrons. The van der Waals surface area contributed by atoms with Crippen molar-refractivity contribution in [3.63, 3.8) is 0 Å². The number of rotatable bonds is 5. The summed E-state index contributed by atoms with van der Waals surface area (Å²) in [4.78, 5) is 18.8. The first-order valence-electron chi connectivity index (χ1n) is 6.74. The summed E-state index contributed by atoms with van der Waals surface area (Å²) in [6.45, 7) is 0.467. The van der Waals surface area contributed by atoms with E-state index in [0.29, 0.717) is 17.8 Å². The van der Waals surface area contributed by atoms with Gasteiger partial charge < -0.3 is 15.1 Å². The Bertz CT molecular complexity index is 648. The Hall–Kier alpha value is -2.21. The van der Waals surface area contributed by atoms with E-state index in [0.717, 1.165) is 18.6 Å². The van der Waals surface area contributed by atoms with E-state index in [2.05, 4.69) is 4.98 Å². The molecule has 0 saturated heterocycles. The van der Waals surface area contributed by atoms with Crippen LogP contribution in [0.5, 0.6) is 0 Å². The average molecular weight is 301 g/mol. The second-order valence-corrected chi connectivity index (χ2v) is 5.48. The number of aromatic nitrogens is 1. The normalized spacial score (nSPS) is 13.9.